The third kappa shape index (κ3) is 5.96. The normalized spacial score (nSPS) is 12.8. The van der Waals surface area contributed by atoms with Gasteiger partial charge in [0.15, 0.2) is 0 Å². The van der Waals surface area contributed by atoms with Crippen molar-refractivity contribution >= 4 is 35.0 Å². The van der Waals surface area contributed by atoms with Crippen LogP contribution >= 0.6 is 11.8 Å². The van der Waals surface area contributed by atoms with Gasteiger partial charge in [0.1, 0.15) is 6.04 Å². The molecule has 0 fully saturated rings. The Labute approximate surface area is 174 Å². The van der Waals surface area contributed by atoms with Crippen LogP contribution in [0.25, 0.3) is 0 Å². The number of amides is 2. The van der Waals surface area contributed by atoms with Crippen molar-refractivity contribution in [3.8, 4) is 0 Å². The van der Waals surface area contributed by atoms with Gasteiger partial charge in [0.25, 0.3) is 0 Å². The second kappa shape index (κ2) is 9.93. The number of carbonyl (C=O) groups excluding carboxylic acids is 2. The van der Waals surface area contributed by atoms with E-state index in [4.69, 9.17) is 0 Å². The Morgan fingerprint density at radius 3 is 2.31 bits per heavy atom. The molecule has 29 heavy (non-hydrogen) atoms. The van der Waals surface area contributed by atoms with Crippen LogP contribution in [0.2, 0.25) is 0 Å². The number of aromatic nitrogens is 2. The van der Waals surface area contributed by atoms with Crippen molar-refractivity contribution < 1.29 is 9.59 Å². The summed E-state index contributed by atoms with van der Waals surface area (Å²) in [5, 5.41) is 9.67. The molecule has 2 N–H and O–H groups in total. The molecule has 7 heteroatoms. The first kappa shape index (κ1) is 20.7. The molecule has 0 aliphatic carbocycles. The highest BCUT2D eigenvalue weighted by atomic mass is 32.2. The van der Waals surface area contributed by atoms with E-state index in [1.54, 1.807) is 66.1 Å². The first-order valence-corrected chi connectivity index (χ1v) is 10.4. The lowest BCUT2D eigenvalue weighted by Crippen LogP contribution is -2.24. The van der Waals surface area contributed by atoms with E-state index in [0.717, 1.165) is 5.75 Å². The lowest BCUT2D eigenvalue weighted by molar-refractivity contribution is -0.119. The highest BCUT2D eigenvalue weighted by molar-refractivity contribution is 7.99. The molecule has 0 bridgehead atoms. The third-order valence-corrected chi connectivity index (χ3v) is 5.62. The molecule has 0 aliphatic rings. The van der Waals surface area contributed by atoms with Crippen LogP contribution in [0.3, 0.4) is 0 Å². The van der Waals surface area contributed by atoms with Gasteiger partial charge in [-0.2, -0.15) is 5.10 Å². The molecule has 0 saturated carbocycles. The molecule has 6 nitrogen and oxygen atoms in total. The van der Waals surface area contributed by atoms with Crippen molar-refractivity contribution in [3.63, 3.8) is 0 Å². The summed E-state index contributed by atoms with van der Waals surface area (Å²) in [6, 6.07) is 18.5. The summed E-state index contributed by atoms with van der Waals surface area (Å²) in [7, 11) is 0. The molecule has 150 valence electrons. The van der Waals surface area contributed by atoms with Crippen molar-refractivity contribution in [2.45, 2.75) is 30.9 Å². The largest absolute Gasteiger partial charge is 0.325 e. The molecule has 3 aromatic rings. The Morgan fingerprint density at radius 1 is 0.966 bits per heavy atom. The maximum Gasteiger partial charge on any atom is 0.248 e. The average molecular weight is 409 g/mol. The van der Waals surface area contributed by atoms with E-state index < -0.39 is 6.04 Å². The van der Waals surface area contributed by atoms with Crippen LogP contribution in [0.5, 0.6) is 0 Å². The molecule has 2 atom stereocenters. The van der Waals surface area contributed by atoms with Crippen LogP contribution in [0.4, 0.5) is 11.4 Å². The van der Waals surface area contributed by atoms with Crippen LogP contribution in [0.15, 0.2) is 73.1 Å². The first-order chi connectivity index (χ1) is 14.0. The Bertz CT molecular complexity index is 944. The van der Waals surface area contributed by atoms with Crippen LogP contribution in [-0.4, -0.2) is 26.8 Å². The number of hydrogen-bond donors (Lipinski definition) is 2. The minimum absolute atomic E-state index is 0.0701. The molecule has 2 amide bonds. The molecule has 0 saturated heterocycles. The summed E-state index contributed by atoms with van der Waals surface area (Å²) < 4.78 is 1.59. The summed E-state index contributed by atoms with van der Waals surface area (Å²) in [6.07, 6.45) is 3.38. The predicted molar refractivity (Wildman–Crippen MR) is 118 cm³/mol. The monoisotopic (exact) mass is 408 g/mol. The molecule has 0 aliphatic heterocycles. The SMILES string of the molecule is C[C@H](SCc1ccccc1)C(=O)Nc1cccc(NC(=O)[C@@H](C)n2cccn2)c1. The topological polar surface area (TPSA) is 76.0 Å². The van der Waals surface area contributed by atoms with Crippen LogP contribution < -0.4 is 10.6 Å². The van der Waals surface area contributed by atoms with E-state index in [0.29, 0.717) is 11.4 Å². The number of anilines is 2. The van der Waals surface area contributed by atoms with E-state index in [9.17, 15) is 9.59 Å². The second-order valence-electron chi connectivity index (χ2n) is 6.66. The van der Waals surface area contributed by atoms with Crippen LogP contribution in [0, 0.1) is 0 Å². The van der Waals surface area contributed by atoms with Crippen molar-refractivity contribution in [1.82, 2.24) is 9.78 Å². The lowest BCUT2D eigenvalue weighted by Gasteiger charge is -2.15. The van der Waals surface area contributed by atoms with Gasteiger partial charge >= 0.3 is 0 Å². The number of rotatable bonds is 8. The molecule has 3 rings (SSSR count). The Kier molecular flexibility index (Phi) is 7.08. The Hall–Kier alpha value is -3.06. The summed E-state index contributed by atoms with van der Waals surface area (Å²) in [5.74, 6) is 0.528. The third-order valence-electron chi connectivity index (χ3n) is 4.41. The molecular formula is C22H24N4O2S. The van der Waals surface area contributed by atoms with Gasteiger partial charge in [-0.15, -0.1) is 11.8 Å². The van der Waals surface area contributed by atoms with Gasteiger partial charge in [-0.1, -0.05) is 36.4 Å². The van der Waals surface area contributed by atoms with Crippen molar-refractivity contribution in [1.29, 1.82) is 0 Å². The fourth-order valence-corrected chi connectivity index (χ4v) is 3.51. The van der Waals surface area contributed by atoms with Crippen molar-refractivity contribution in [2.24, 2.45) is 0 Å². The number of hydrogen-bond acceptors (Lipinski definition) is 4. The van der Waals surface area contributed by atoms with E-state index in [2.05, 4.69) is 15.7 Å². The maximum absolute atomic E-state index is 12.5. The quantitative estimate of drug-likeness (QED) is 0.581. The molecule has 1 heterocycles. The van der Waals surface area contributed by atoms with Gasteiger partial charge < -0.3 is 10.6 Å². The van der Waals surface area contributed by atoms with Gasteiger partial charge in [-0.25, -0.2) is 0 Å². The summed E-state index contributed by atoms with van der Waals surface area (Å²) in [5.41, 5.74) is 2.45. The molecule has 0 radical (unpaired) electrons. The van der Waals surface area contributed by atoms with Gasteiger partial charge in [0, 0.05) is 29.5 Å². The minimum Gasteiger partial charge on any atom is -0.325 e. The number of nitrogens with zero attached hydrogens (tertiary/aromatic N) is 2. The minimum atomic E-state index is -0.433. The molecule has 2 aromatic carbocycles. The van der Waals surface area contributed by atoms with Crippen molar-refractivity contribution in [2.75, 3.05) is 10.6 Å². The van der Waals surface area contributed by atoms with Crippen LogP contribution in [0.1, 0.15) is 25.5 Å². The zero-order valence-electron chi connectivity index (χ0n) is 16.4. The van der Waals surface area contributed by atoms with Crippen LogP contribution in [-0.2, 0) is 15.3 Å². The smallest absolute Gasteiger partial charge is 0.248 e. The zero-order chi connectivity index (χ0) is 20.6. The first-order valence-electron chi connectivity index (χ1n) is 9.39. The standard InChI is InChI=1S/C22H24N4O2S/c1-16(26-13-7-12-23-26)21(27)24-19-10-6-11-20(14-19)25-22(28)17(2)29-15-18-8-4-3-5-9-18/h3-14,16-17H,15H2,1-2H3,(H,24,27)(H,25,28)/t16-,17+/m1/s1. The predicted octanol–water partition coefficient (Wildman–Crippen LogP) is 4.34. The van der Waals surface area contributed by atoms with Crippen molar-refractivity contribution in [3.05, 3.63) is 78.6 Å². The Morgan fingerprint density at radius 2 is 1.66 bits per heavy atom. The van der Waals surface area contributed by atoms with Gasteiger partial charge in [0.05, 0.1) is 5.25 Å². The fraction of sp³-hybridized carbons (Fsp3) is 0.227. The fourth-order valence-electron chi connectivity index (χ4n) is 2.67. The molecule has 0 unspecified atom stereocenters. The number of carbonyl (C=O) groups is 2. The van der Waals surface area contributed by atoms with Gasteiger partial charge in [0.2, 0.25) is 11.8 Å². The van der Waals surface area contributed by atoms with Gasteiger partial charge in [-0.3, -0.25) is 14.3 Å². The highest BCUT2D eigenvalue weighted by Crippen LogP contribution is 2.21. The van der Waals surface area contributed by atoms with E-state index >= 15 is 0 Å². The molecule has 1 aromatic heterocycles. The number of thioether (sulfide) groups is 1. The lowest BCUT2D eigenvalue weighted by atomic mass is 10.2. The van der Waals surface area contributed by atoms with Gasteiger partial charge in [-0.05, 0) is 43.7 Å². The molecular weight excluding hydrogens is 384 g/mol. The highest BCUT2D eigenvalue weighted by Gasteiger charge is 2.16. The zero-order valence-corrected chi connectivity index (χ0v) is 17.2. The number of benzene rings is 2. The number of nitrogens with one attached hydrogen (secondary N) is 2. The summed E-state index contributed by atoms with van der Waals surface area (Å²) in [6.45, 7) is 3.67. The van der Waals surface area contributed by atoms with E-state index in [-0.39, 0.29) is 17.1 Å². The summed E-state index contributed by atoms with van der Waals surface area (Å²) >= 11 is 1.58. The van der Waals surface area contributed by atoms with E-state index in [1.165, 1.54) is 5.56 Å². The van der Waals surface area contributed by atoms with E-state index in [1.807, 2.05) is 37.3 Å². The second-order valence-corrected chi connectivity index (χ2v) is 7.99. The Balaban J connectivity index is 1.54. The average Bonchev–Trinajstić information content (AvgIpc) is 3.27. The maximum atomic E-state index is 12.5. The summed E-state index contributed by atoms with van der Waals surface area (Å²) in [4.78, 5) is 24.9. The molecule has 0 spiro atoms.